The van der Waals surface area contributed by atoms with E-state index in [9.17, 15) is 9.59 Å². The lowest BCUT2D eigenvalue weighted by Crippen LogP contribution is -2.17. The number of nitrogens with two attached hydrogens (primary N) is 1. The number of ketones is 1. The van der Waals surface area contributed by atoms with Crippen LogP contribution in [0.1, 0.15) is 24.4 Å². The molecule has 0 aliphatic heterocycles. The van der Waals surface area contributed by atoms with Crippen molar-refractivity contribution in [3.63, 3.8) is 0 Å². The first-order valence-corrected chi connectivity index (χ1v) is 8.32. The minimum Gasteiger partial charge on any atom is -0.490 e. The molecule has 2 N–H and O–H groups in total. The molecule has 0 radical (unpaired) electrons. The average molecular weight is 344 g/mol. The summed E-state index contributed by atoms with van der Waals surface area (Å²) in [6, 6.07) is 0. The Morgan fingerprint density at radius 1 is 1.33 bits per heavy atom. The van der Waals surface area contributed by atoms with Gasteiger partial charge in [-0.2, -0.15) is 14.6 Å². The van der Waals surface area contributed by atoms with Gasteiger partial charge >= 0.3 is 0 Å². The number of carbonyl (C=O) groups excluding carboxylic acids is 1. The van der Waals surface area contributed by atoms with Crippen LogP contribution in [0.25, 0.3) is 11.0 Å². The van der Waals surface area contributed by atoms with E-state index in [0.717, 1.165) is 11.4 Å². The number of carbonyl (C=O) groups is 1. The van der Waals surface area contributed by atoms with Gasteiger partial charge in [0.25, 0.3) is 5.56 Å². The predicted octanol–water partition coefficient (Wildman–Crippen LogP) is 1.74. The SMILES string of the molecule is CCOC1=CC(=Cc2c(N)n3nc(CC)sc3nc2=O)C=CC1=O. The Morgan fingerprint density at radius 2 is 2.12 bits per heavy atom. The molecule has 0 saturated heterocycles. The lowest BCUT2D eigenvalue weighted by atomic mass is 10.0. The summed E-state index contributed by atoms with van der Waals surface area (Å²) in [7, 11) is 0. The average Bonchev–Trinajstić information content (AvgIpc) is 2.98. The fourth-order valence-corrected chi connectivity index (χ4v) is 3.08. The lowest BCUT2D eigenvalue weighted by molar-refractivity contribution is -0.114. The summed E-state index contributed by atoms with van der Waals surface area (Å²) in [6.07, 6.45) is 6.91. The zero-order valence-electron chi connectivity index (χ0n) is 13.3. The van der Waals surface area contributed by atoms with Gasteiger partial charge in [-0.25, -0.2) is 0 Å². The highest BCUT2D eigenvalue weighted by molar-refractivity contribution is 7.16. The van der Waals surface area contributed by atoms with Crippen molar-refractivity contribution in [2.45, 2.75) is 20.3 Å². The van der Waals surface area contributed by atoms with Crippen LogP contribution in [0.3, 0.4) is 0 Å². The first-order chi connectivity index (χ1) is 11.5. The van der Waals surface area contributed by atoms with Gasteiger partial charge < -0.3 is 10.5 Å². The van der Waals surface area contributed by atoms with E-state index in [0.29, 0.717) is 17.1 Å². The summed E-state index contributed by atoms with van der Waals surface area (Å²) < 4.78 is 6.76. The Labute approximate surface area is 141 Å². The Balaban J connectivity index is 2.11. The van der Waals surface area contributed by atoms with Gasteiger partial charge in [-0.15, -0.1) is 0 Å². The maximum absolute atomic E-state index is 12.3. The molecular formula is C16H16N4O3S. The molecule has 24 heavy (non-hydrogen) atoms. The third-order valence-electron chi connectivity index (χ3n) is 3.41. The molecule has 0 bridgehead atoms. The van der Waals surface area contributed by atoms with Crippen LogP contribution in [0.4, 0.5) is 5.82 Å². The molecule has 1 aliphatic carbocycles. The zero-order valence-corrected chi connectivity index (χ0v) is 14.1. The van der Waals surface area contributed by atoms with Crippen LogP contribution in [0, 0.1) is 0 Å². The van der Waals surface area contributed by atoms with Gasteiger partial charge in [-0.05, 0) is 37.1 Å². The van der Waals surface area contributed by atoms with E-state index in [4.69, 9.17) is 10.5 Å². The number of fused-ring (bicyclic) bond motifs is 1. The minimum atomic E-state index is -0.428. The van der Waals surface area contributed by atoms with E-state index in [1.54, 1.807) is 25.2 Å². The molecule has 8 heteroatoms. The third-order valence-corrected chi connectivity index (χ3v) is 4.47. The summed E-state index contributed by atoms with van der Waals surface area (Å²) in [6.45, 7) is 4.15. The number of anilines is 1. The fraction of sp³-hybridized carbons (Fsp3) is 0.250. The summed E-state index contributed by atoms with van der Waals surface area (Å²) in [5, 5.41) is 5.20. The second kappa shape index (κ2) is 6.40. The number of hydrogen-bond donors (Lipinski definition) is 1. The topological polar surface area (TPSA) is 99.6 Å². The standard InChI is InChI=1S/C16H16N4O3S/c1-3-13-19-20-14(17)10(15(22)18-16(20)24-13)7-9-5-6-11(21)12(8-9)23-4-2/h5-8H,3-4,17H2,1-2H3. The Bertz CT molecular complexity index is 966. The number of nitrogen functional groups attached to an aromatic ring is 1. The second-order valence-electron chi connectivity index (χ2n) is 5.04. The number of allylic oxidation sites excluding steroid dienone is 4. The molecule has 0 fully saturated rings. The number of nitrogens with zero attached hydrogens (tertiary/aromatic N) is 3. The summed E-state index contributed by atoms with van der Waals surface area (Å²) in [5.74, 6) is 0.255. The van der Waals surface area contributed by atoms with E-state index >= 15 is 0 Å². The number of rotatable bonds is 4. The van der Waals surface area contributed by atoms with E-state index in [-0.39, 0.29) is 22.9 Å². The van der Waals surface area contributed by atoms with Gasteiger partial charge in [-0.1, -0.05) is 24.3 Å². The van der Waals surface area contributed by atoms with Gasteiger partial charge in [-0.3, -0.25) is 9.59 Å². The largest absolute Gasteiger partial charge is 0.490 e. The molecule has 3 rings (SSSR count). The van der Waals surface area contributed by atoms with Gasteiger partial charge in [0.05, 0.1) is 12.2 Å². The van der Waals surface area contributed by atoms with Gasteiger partial charge in [0.1, 0.15) is 10.8 Å². The van der Waals surface area contributed by atoms with Crippen LogP contribution < -0.4 is 11.3 Å². The van der Waals surface area contributed by atoms with Gasteiger partial charge in [0, 0.05) is 0 Å². The van der Waals surface area contributed by atoms with Gasteiger partial charge in [0.2, 0.25) is 10.7 Å². The predicted molar refractivity (Wildman–Crippen MR) is 92.8 cm³/mol. The van der Waals surface area contributed by atoms with Crippen molar-refractivity contribution in [3.05, 3.63) is 50.5 Å². The third kappa shape index (κ3) is 2.88. The van der Waals surface area contributed by atoms with Crippen molar-refractivity contribution in [2.75, 3.05) is 12.3 Å². The molecule has 1 aliphatic rings. The Hall–Kier alpha value is -2.74. The van der Waals surface area contributed by atoms with Crippen molar-refractivity contribution < 1.29 is 9.53 Å². The molecule has 124 valence electrons. The van der Waals surface area contributed by atoms with Crippen LogP contribution in [-0.4, -0.2) is 27.0 Å². The maximum Gasteiger partial charge on any atom is 0.283 e. The van der Waals surface area contributed by atoms with Crippen molar-refractivity contribution in [3.8, 4) is 0 Å². The second-order valence-corrected chi connectivity index (χ2v) is 6.08. The number of aromatic nitrogens is 3. The molecule has 0 amide bonds. The van der Waals surface area contributed by atoms with Crippen LogP contribution in [0.15, 0.2) is 34.4 Å². The summed E-state index contributed by atoms with van der Waals surface area (Å²) in [5.41, 5.74) is 6.55. The molecule has 2 heterocycles. The van der Waals surface area contributed by atoms with Gasteiger partial charge in [0.15, 0.2) is 5.76 Å². The quantitative estimate of drug-likeness (QED) is 0.907. The first kappa shape index (κ1) is 16.1. The van der Waals surface area contributed by atoms with Crippen molar-refractivity contribution in [1.82, 2.24) is 14.6 Å². The molecule has 7 nitrogen and oxygen atoms in total. The highest BCUT2D eigenvalue weighted by atomic mass is 32.1. The Morgan fingerprint density at radius 3 is 2.83 bits per heavy atom. The highest BCUT2D eigenvalue weighted by Gasteiger charge is 2.16. The van der Waals surface area contributed by atoms with Crippen LogP contribution >= 0.6 is 11.3 Å². The van der Waals surface area contributed by atoms with Crippen molar-refractivity contribution in [1.29, 1.82) is 0 Å². The monoisotopic (exact) mass is 344 g/mol. The van der Waals surface area contributed by atoms with Crippen LogP contribution in [-0.2, 0) is 16.0 Å². The van der Waals surface area contributed by atoms with Crippen LogP contribution in [0.2, 0.25) is 0 Å². The Kier molecular flexibility index (Phi) is 4.30. The first-order valence-electron chi connectivity index (χ1n) is 7.50. The molecule has 2 aromatic heterocycles. The molecule has 0 unspecified atom stereocenters. The van der Waals surface area contributed by atoms with E-state index in [2.05, 4.69) is 10.1 Å². The summed E-state index contributed by atoms with van der Waals surface area (Å²) >= 11 is 1.34. The molecule has 2 aromatic rings. The molecule has 0 aromatic carbocycles. The smallest absolute Gasteiger partial charge is 0.283 e. The number of ether oxygens (including phenoxy) is 1. The van der Waals surface area contributed by atoms with E-state index in [1.807, 2.05) is 6.92 Å². The van der Waals surface area contributed by atoms with Crippen molar-refractivity contribution >= 4 is 34.0 Å². The summed E-state index contributed by atoms with van der Waals surface area (Å²) in [4.78, 5) is 28.5. The molecule has 0 atom stereocenters. The number of hydrogen-bond acceptors (Lipinski definition) is 7. The maximum atomic E-state index is 12.3. The molecular weight excluding hydrogens is 328 g/mol. The lowest BCUT2D eigenvalue weighted by Gasteiger charge is -2.10. The fourth-order valence-electron chi connectivity index (χ4n) is 2.25. The van der Waals surface area contributed by atoms with Crippen LogP contribution in [0.5, 0.6) is 0 Å². The normalized spacial score (nSPS) is 16.0. The van der Waals surface area contributed by atoms with E-state index in [1.165, 1.54) is 21.9 Å². The molecule has 0 saturated carbocycles. The zero-order chi connectivity index (χ0) is 17.3. The highest BCUT2D eigenvalue weighted by Crippen LogP contribution is 2.21. The van der Waals surface area contributed by atoms with E-state index < -0.39 is 5.56 Å². The minimum absolute atomic E-state index is 0.209. The number of aryl methyl sites for hydroxylation is 1. The molecule has 0 spiro atoms. The van der Waals surface area contributed by atoms with Crippen molar-refractivity contribution in [2.24, 2.45) is 0 Å².